The fourth-order valence-electron chi connectivity index (χ4n) is 2.99. The van der Waals surface area contributed by atoms with Gasteiger partial charge >= 0.3 is 0 Å². The summed E-state index contributed by atoms with van der Waals surface area (Å²) in [6.45, 7) is 1.41. The molecular weight excluding hydrogens is 424 g/mol. The summed E-state index contributed by atoms with van der Waals surface area (Å²) in [6.07, 6.45) is 0. The molecule has 0 aliphatic carbocycles. The first-order valence-electron chi connectivity index (χ1n) is 9.37. The molecule has 0 radical (unpaired) electrons. The maximum atomic E-state index is 12.9. The zero-order valence-electron chi connectivity index (χ0n) is 18.5. The van der Waals surface area contributed by atoms with Gasteiger partial charge in [0.25, 0.3) is 0 Å². The number of benzene rings is 2. The standard InChI is InChI=1S/C21H28N2O7S/c1-14(17-11-15(27-3)7-9-18(17)28-4)22-21(24)13-23(2)31(25,26)16-8-10-19(29-5)20(12-16)30-6/h7-12,14H,13H2,1-6H3,(H,22,24). The van der Waals surface area contributed by atoms with E-state index in [0.717, 1.165) is 4.31 Å². The van der Waals surface area contributed by atoms with Gasteiger partial charge in [0.1, 0.15) is 11.5 Å². The molecule has 10 heteroatoms. The third-order valence-electron chi connectivity index (χ3n) is 4.71. The highest BCUT2D eigenvalue weighted by Crippen LogP contribution is 2.31. The van der Waals surface area contributed by atoms with Crippen LogP contribution in [0.4, 0.5) is 0 Å². The van der Waals surface area contributed by atoms with E-state index < -0.39 is 22.0 Å². The van der Waals surface area contributed by atoms with E-state index >= 15 is 0 Å². The van der Waals surface area contributed by atoms with Gasteiger partial charge in [0.05, 0.1) is 45.9 Å². The number of nitrogens with one attached hydrogen (secondary N) is 1. The smallest absolute Gasteiger partial charge is 0.243 e. The Bertz CT molecular complexity index is 1020. The predicted octanol–water partition coefficient (Wildman–Crippen LogP) is 2.22. The molecule has 1 N–H and O–H groups in total. The molecule has 9 nitrogen and oxygen atoms in total. The van der Waals surface area contributed by atoms with Crippen LogP contribution in [-0.4, -0.2) is 60.7 Å². The third-order valence-corrected chi connectivity index (χ3v) is 6.51. The number of amides is 1. The number of ether oxygens (including phenoxy) is 4. The van der Waals surface area contributed by atoms with Crippen molar-refractivity contribution in [3.05, 3.63) is 42.0 Å². The van der Waals surface area contributed by atoms with Crippen LogP contribution in [0.1, 0.15) is 18.5 Å². The number of hydrogen-bond acceptors (Lipinski definition) is 7. The van der Waals surface area contributed by atoms with E-state index in [2.05, 4.69) is 5.32 Å². The Morgan fingerprint density at radius 3 is 2.13 bits per heavy atom. The summed E-state index contributed by atoms with van der Waals surface area (Å²) in [5.74, 6) is 1.41. The van der Waals surface area contributed by atoms with Crippen molar-refractivity contribution in [3.63, 3.8) is 0 Å². The van der Waals surface area contributed by atoms with Gasteiger partial charge in [-0.2, -0.15) is 4.31 Å². The van der Waals surface area contributed by atoms with Gasteiger partial charge in [-0.15, -0.1) is 0 Å². The van der Waals surface area contributed by atoms with Crippen LogP contribution in [0.25, 0.3) is 0 Å². The number of carbonyl (C=O) groups is 1. The van der Waals surface area contributed by atoms with E-state index in [-0.39, 0.29) is 17.2 Å². The van der Waals surface area contributed by atoms with Gasteiger partial charge in [0, 0.05) is 18.7 Å². The van der Waals surface area contributed by atoms with Crippen LogP contribution in [0, 0.1) is 0 Å². The van der Waals surface area contributed by atoms with Gasteiger partial charge in [0.15, 0.2) is 11.5 Å². The summed E-state index contributed by atoms with van der Waals surface area (Å²) < 4.78 is 47.6. The second-order valence-corrected chi connectivity index (χ2v) is 8.72. The maximum Gasteiger partial charge on any atom is 0.243 e. The number of hydrogen-bond donors (Lipinski definition) is 1. The largest absolute Gasteiger partial charge is 0.497 e. The average molecular weight is 453 g/mol. The predicted molar refractivity (Wildman–Crippen MR) is 115 cm³/mol. The summed E-state index contributed by atoms with van der Waals surface area (Å²) >= 11 is 0. The summed E-state index contributed by atoms with van der Waals surface area (Å²) in [5.41, 5.74) is 0.709. The van der Waals surface area contributed by atoms with Crippen LogP contribution >= 0.6 is 0 Å². The Kier molecular flexibility index (Phi) is 8.12. The average Bonchev–Trinajstić information content (AvgIpc) is 2.77. The molecule has 2 aromatic carbocycles. The topological polar surface area (TPSA) is 103 Å². The molecule has 0 aromatic heterocycles. The molecule has 0 aliphatic rings. The van der Waals surface area contributed by atoms with Crippen molar-refractivity contribution in [3.8, 4) is 23.0 Å². The van der Waals surface area contributed by atoms with Crippen molar-refractivity contribution in [2.75, 3.05) is 42.0 Å². The second kappa shape index (κ2) is 10.4. The summed E-state index contributed by atoms with van der Waals surface area (Å²) in [7, 11) is 3.36. The van der Waals surface area contributed by atoms with Crippen molar-refractivity contribution in [2.45, 2.75) is 17.9 Å². The van der Waals surface area contributed by atoms with Gasteiger partial charge in [-0.25, -0.2) is 8.42 Å². The summed E-state index contributed by atoms with van der Waals surface area (Å²) in [6, 6.07) is 9.06. The Balaban J connectivity index is 2.15. The molecule has 1 amide bonds. The number of nitrogens with zero attached hydrogens (tertiary/aromatic N) is 1. The fraction of sp³-hybridized carbons (Fsp3) is 0.381. The van der Waals surface area contributed by atoms with Crippen LogP contribution in [0.2, 0.25) is 0 Å². The number of likely N-dealkylation sites (N-methyl/N-ethyl adjacent to an activating group) is 1. The number of methoxy groups -OCH3 is 4. The third kappa shape index (κ3) is 5.59. The van der Waals surface area contributed by atoms with Crippen LogP contribution < -0.4 is 24.3 Å². The van der Waals surface area contributed by atoms with E-state index in [1.807, 2.05) is 0 Å². The molecule has 0 saturated heterocycles. The first-order chi connectivity index (χ1) is 14.7. The highest BCUT2D eigenvalue weighted by Gasteiger charge is 2.25. The van der Waals surface area contributed by atoms with Crippen molar-refractivity contribution in [1.29, 1.82) is 0 Å². The minimum absolute atomic E-state index is 0.0111. The molecule has 170 valence electrons. The lowest BCUT2D eigenvalue weighted by Gasteiger charge is -2.21. The minimum atomic E-state index is -3.92. The van der Waals surface area contributed by atoms with Gasteiger partial charge < -0.3 is 24.3 Å². The summed E-state index contributed by atoms with van der Waals surface area (Å²) in [4.78, 5) is 12.5. The van der Waals surface area contributed by atoms with Crippen molar-refractivity contribution in [1.82, 2.24) is 9.62 Å². The highest BCUT2D eigenvalue weighted by atomic mass is 32.2. The van der Waals surface area contributed by atoms with Gasteiger partial charge in [-0.1, -0.05) is 0 Å². The molecule has 0 aliphatic heterocycles. The normalized spacial score (nSPS) is 12.2. The number of rotatable bonds is 10. The number of carbonyl (C=O) groups excluding carboxylic acids is 1. The van der Waals surface area contributed by atoms with Crippen molar-refractivity contribution >= 4 is 15.9 Å². The van der Waals surface area contributed by atoms with Crippen molar-refractivity contribution in [2.24, 2.45) is 0 Å². The zero-order valence-corrected chi connectivity index (χ0v) is 19.3. The van der Waals surface area contributed by atoms with E-state index in [1.54, 1.807) is 32.2 Å². The van der Waals surface area contributed by atoms with Gasteiger partial charge in [-0.3, -0.25) is 4.79 Å². The maximum absolute atomic E-state index is 12.9. The molecule has 0 heterocycles. The summed E-state index contributed by atoms with van der Waals surface area (Å²) in [5, 5.41) is 2.79. The lowest BCUT2D eigenvalue weighted by Crippen LogP contribution is -2.39. The van der Waals surface area contributed by atoms with E-state index in [0.29, 0.717) is 22.8 Å². The van der Waals surface area contributed by atoms with E-state index in [4.69, 9.17) is 18.9 Å². The lowest BCUT2D eigenvalue weighted by molar-refractivity contribution is -0.121. The van der Waals surface area contributed by atoms with Crippen LogP contribution in [0.3, 0.4) is 0 Å². The fourth-order valence-corrected chi connectivity index (χ4v) is 4.13. The van der Waals surface area contributed by atoms with Crippen LogP contribution in [-0.2, 0) is 14.8 Å². The molecule has 0 spiro atoms. The SMILES string of the molecule is COc1ccc(OC)c(C(C)NC(=O)CN(C)S(=O)(=O)c2ccc(OC)c(OC)c2)c1. The van der Waals surface area contributed by atoms with Crippen molar-refractivity contribution < 1.29 is 32.2 Å². The Morgan fingerprint density at radius 2 is 1.55 bits per heavy atom. The Hall–Kier alpha value is -2.98. The Labute approximate surface area is 182 Å². The quantitative estimate of drug-likeness (QED) is 0.589. The molecular formula is C21H28N2O7S. The molecule has 2 aromatic rings. The first kappa shape index (κ1) is 24.3. The second-order valence-electron chi connectivity index (χ2n) is 6.67. The molecule has 2 rings (SSSR count). The Morgan fingerprint density at radius 1 is 0.935 bits per heavy atom. The molecule has 0 fully saturated rings. The number of sulfonamides is 1. The van der Waals surface area contributed by atoms with E-state index in [1.165, 1.54) is 46.6 Å². The lowest BCUT2D eigenvalue weighted by atomic mass is 10.1. The highest BCUT2D eigenvalue weighted by molar-refractivity contribution is 7.89. The van der Waals surface area contributed by atoms with Crippen LogP contribution in [0.15, 0.2) is 41.3 Å². The molecule has 0 saturated carbocycles. The molecule has 1 unspecified atom stereocenters. The zero-order chi connectivity index (χ0) is 23.2. The molecule has 0 bridgehead atoms. The minimum Gasteiger partial charge on any atom is -0.497 e. The first-order valence-corrected chi connectivity index (χ1v) is 10.8. The molecule has 31 heavy (non-hydrogen) atoms. The van der Waals surface area contributed by atoms with Gasteiger partial charge in [-0.05, 0) is 37.3 Å². The molecule has 1 atom stereocenters. The van der Waals surface area contributed by atoms with E-state index in [9.17, 15) is 13.2 Å². The van der Waals surface area contributed by atoms with Gasteiger partial charge in [0.2, 0.25) is 15.9 Å². The monoisotopic (exact) mass is 452 g/mol. The van der Waals surface area contributed by atoms with Crippen LogP contribution in [0.5, 0.6) is 23.0 Å².